The van der Waals surface area contributed by atoms with E-state index in [0.29, 0.717) is 6.54 Å². The van der Waals surface area contributed by atoms with E-state index in [0.717, 1.165) is 16.3 Å². The average molecular weight is 513 g/mol. The SMILES string of the molecule is C[C@@H](CC(=O)NCc1cccc2ccccc12)NC(=O)[C@H](CC(=O)NC(C)(C)C)NC(=O)OC(C)(C)C. The molecule has 2 atom stereocenters. The van der Waals surface area contributed by atoms with Gasteiger partial charge in [-0.1, -0.05) is 42.5 Å². The maximum Gasteiger partial charge on any atom is 0.408 e. The topological polar surface area (TPSA) is 126 Å². The molecular weight excluding hydrogens is 472 g/mol. The third kappa shape index (κ3) is 10.9. The first kappa shape index (κ1) is 29.6. The number of nitrogens with one attached hydrogen (secondary N) is 4. The van der Waals surface area contributed by atoms with E-state index in [1.807, 2.05) is 63.2 Å². The lowest BCUT2D eigenvalue weighted by molar-refractivity contribution is -0.130. The van der Waals surface area contributed by atoms with Crippen LogP contribution >= 0.6 is 0 Å². The van der Waals surface area contributed by atoms with Gasteiger partial charge in [-0.05, 0) is 64.8 Å². The van der Waals surface area contributed by atoms with E-state index in [-0.39, 0.29) is 18.7 Å². The molecule has 4 amide bonds. The van der Waals surface area contributed by atoms with Gasteiger partial charge in [0.2, 0.25) is 17.7 Å². The second kappa shape index (κ2) is 12.6. The van der Waals surface area contributed by atoms with Crippen molar-refractivity contribution in [2.45, 2.75) is 91.1 Å². The van der Waals surface area contributed by atoms with Gasteiger partial charge in [-0.25, -0.2) is 4.79 Å². The van der Waals surface area contributed by atoms with E-state index in [2.05, 4.69) is 21.3 Å². The number of fused-ring (bicyclic) bond motifs is 1. The Morgan fingerprint density at radius 3 is 2.14 bits per heavy atom. The second-order valence-corrected chi connectivity index (χ2v) is 11.2. The van der Waals surface area contributed by atoms with Crippen molar-refractivity contribution in [2.75, 3.05) is 0 Å². The summed E-state index contributed by atoms with van der Waals surface area (Å²) in [4.78, 5) is 50.3. The number of carbonyl (C=O) groups is 4. The molecule has 2 aromatic carbocycles. The monoisotopic (exact) mass is 512 g/mol. The molecule has 4 N–H and O–H groups in total. The van der Waals surface area contributed by atoms with Crippen molar-refractivity contribution < 1.29 is 23.9 Å². The summed E-state index contributed by atoms with van der Waals surface area (Å²) in [5.74, 6) is -1.21. The Morgan fingerprint density at radius 2 is 1.49 bits per heavy atom. The third-order valence-corrected chi connectivity index (χ3v) is 5.15. The third-order valence-electron chi connectivity index (χ3n) is 5.15. The second-order valence-electron chi connectivity index (χ2n) is 11.2. The normalized spacial score (nSPS) is 13.3. The van der Waals surface area contributed by atoms with Crippen LogP contribution in [-0.4, -0.2) is 47.0 Å². The van der Waals surface area contributed by atoms with E-state index in [9.17, 15) is 19.2 Å². The average Bonchev–Trinajstić information content (AvgIpc) is 2.74. The summed E-state index contributed by atoms with van der Waals surface area (Å²) in [7, 11) is 0. The minimum Gasteiger partial charge on any atom is -0.444 e. The zero-order chi connectivity index (χ0) is 27.8. The van der Waals surface area contributed by atoms with Gasteiger partial charge < -0.3 is 26.0 Å². The molecule has 0 unspecified atom stereocenters. The van der Waals surface area contributed by atoms with Gasteiger partial charge in [0.1, 0.15) is 11.6 Å². The first-order chi connectivity index (χ1) is 17.1. The summed E-state index contributed by atoms with van der Waals surface area (Å²) in [6.45, 7) is 12.6. The molecule has 0 bridgehead atoms. The Bertz CT molecular complexity index is 1080. The van der Waals surface area contributed by atoms with E-state index in [4.69, 9.17) is 4.74 Å². The highest BCUT2D eigenvalue weighted by Gasteiger charge is 2.29. The first-order valence-corrected chi connectivity index (χ1v) is 12.5. The molecule has 0 spiro atoms. The van der Waals surface area contributed by atoms with E-state index in [1.54, 1.807) is 27.7 Å². The maximum atomic E-state index is 13.0. The number of alkyl carbamates (subject to hydrolysis) is 1. The lowest BCUT2D eigenvalue weighted by atomic mass is 10.0. The van der Waals surface area contributed by atoms with Crippen molar-refractivity contribution in [1.82, 2.24) is 21.3 Å². The number of ether oxygens (including phenoxy) is 1. The van der Waals surface area contributed by atoms with Gasteiger partial charge in [-0.15, -0.1) is 0 Å². The maximum absolute atomic E-state index is 13.0. The van der Waals surface area contributed by atoms with Crippen molar-refractivity contribution in [1.29, 1.82) is 0 Å². The Balaban J connectivity index is 1.97. The molecule has 0 radical (unpaired) electrons. The molecule has 2 aromatic rings. The number of benzene rings is 2. The van der Waals surface area contributed by atoms with Crippen LogP contribution in [0.4, 0.5) is 4.79 Å². The number of rotatable bonds is 9. The molecule has 2 rings (SSSR count). The molecule has 9 nitrogen and oxygen atoms in total. The van der Waals surface area contributed by atoms with E-state index < -0.39 is 41.1 Å². The van der Waals surface area contributed by atoms with Crippen LogP contribution in [-0.2, 0) is 25.7 Å². The van der Waals surface area contributed by atoms with Gasteiger partial charge in [0.15, 0.2) is 0 Å². The van der Waals surface area contributed by atoms with Gasteiger partial charge in [0, 0.05) is 24.5 Å². The van der Waals surface area contributed by atoms with Crippen molar-refractivity contribution >= 4 is 34.6 Å². The molecule has 0 aliphatic heterocycles. The Labute approximate surface area is 219 Å². The van der Waals surface area contributed by atoms with Crippen LogP contribution in [0.3, 0.4) is 0 Å². The van der Waals surface area contributed by atoms with Crippen molar-refractivity contribution in [3.63, 3.8) is 0 Å². The summed E-state index contributed by atoms with van der Waals surface area (Å²) < 4.78 is 5.25. The summed E-state index contributed by atoms with van der Waals surface area (Å²) in [5, 5.41) is 13.0. The summed E-state index contributed by atoms with van der Waals surface area (Å²) in [6, 6.07) is 12.2. The minimum atomic E-state index is -1.17. The highest BCUT2D eigenvalue weighted by molar-refractivity contribution is 5.91. The van der Waals surface area contributed by atoms with Crippen LogP contribution in [0.1, 0.15) is 66.9 Å². The van der Waals surface area contributed by atoms with Crippen LogP contribution < -0.4 is 21.3 Å². The zero-order valence-electron chi connectivity index (χ0n) is 22.9. The summed E-state index contributed by atoms with van der Waals surface area (Å²) in [6.07, 6.45) is -1.05. The molecule has 9 heteroatoms. The van der Waals surface area contributed by atoms with Crippen molar-refractivity contribution in [3.8, 4) is 0 Å². The van der Waals surface area contributed by atoms with E-state index in [1.165, 1.54) is 0 Å². The standard InChI is InChI=1S/C28H40N4O5/c1-18(15-23(33)29-17-20-13-10-12-19-11-8-9-14-21(19)20)30-25(35)22(16-24(34)32-27(2,3)4)31-26(36)37-28(5,6)7/h8-14,18,22H,15-17H2,1-7H3,(H,29,33)(H,30,35)(H,31,36)(H,32,34)/t18-,22-/m0/s1. The van der Waals surface area contributed by atoms with Crippen LogP contribution in [0.2, 0.25) is 0 Å². The quantitative estimate of drug-likeness (QED) is 0.409. The van der Waals surface area contributed by atoms with Crippen LogP contribution in [0, 0.1) is 0 Å². The Kier molecular flexibility index (Phi) is 10.1. The molecule has 0 fully saturated rings. The smallest absolute Gasteiger partial charge is 0.408 e. The van der Waals surface area contributed by atoms with Crippen molar-refractivity contribution in [2.24, 2.45) is 0 Å². The van der Waals surface area contributed by atoms with E-state index >= 15 is 0 Å². The molecule has 0 saturated heterocycles. The lowest BCUT2D eigenvalue weighted by Gasteiger charge is -2.26. The predicted octanol–water partition coefficient (Wildman–Crippen LogP) is 3.55. The molecular formula is C28H40N4O5. The van der Waals surface area contributed by atoms with Crippen LogP contribution in [0.15, 0.2) is 42.5 Å². The predicted molar refractivity (Wildman–Crippen MR) is 144 cm³/mol. The fourth-order valence-corrected chi connectivity index (χ4v) is 3.70. The van der Waals surface area contributed by atoms with Crippen LogP contribution in [0.5, 0.6) is 0 Å². The molecule has 0 heterocycles. The van der Waals surface area contributed by atoms with Gasteiger partial charge >= 0.3 is 6.09 Å². The lowest BCUT2D eigenvalue weighted by Crippen LogP contribution is -2.53. The highest BCUT2D eigenvalue weighted by atomic mass is 16.6. The molecule has 0 saturated carbocycles. The van der Waals surface area contributed by atoms with Crippen molar-refractivity contribution in [3.05, 3.63) is 48.0 Å². The largest absolute Gasteiger partial charge is 0.444 e. The molecule has 0 aromatic heterocycles. The number of hydrogen-bond acceptors (Lipinski definition) is 5. The highest BCUT2D eigenvalue weighted by Crippen LogP contribution is 2.18. The van der Waals surface area contributed by atoms with Crippen LogP contribution in [0.25, 0.3) is 10.8 Å². The van der Waals surface area contributed by atoms with Gasteiger partial charge in [-0.2, -0.15) is 0 Å². The summed E-state index contributed by atoms with van der Waals surface area (Å²) >= 11 is 0. The Morgan fingerprint density at radius 1 is 0.838 bits per heavy atom. The molecule has 202 valence electrons. The number of hydrogen-bond donors (Lipinski definition) is 4. The number of carbonyl (C=O) groups excluding carboxylic acids is 4. The minimum absolute atomic E-state index is 0.0316. The summed E-state index contributed by atoms with van der Waals surface area (Å²) in [5.41, 5.74) is -0.275. The molecule has 0 aliphatic rings. The van der Waals surface area contributed by atoms with Gasteiger partial charge in [-0.3, -0.25) is 14.4 Å². The zero-order valence-corrected chi connectivity index (χ0v) is 22.9. The Hall–Kier alpha value is -3.62. The molecule has 0 aliphatic carbocycles. The fraction of sp³-hybridized carbons (Fsp3) is 0.500. The first-order valence-electron chi connectivity index (χ1n) is 12.5. The molecule has 37 heavy (non-hydrogen) atoms. The van der Waals surface area contributed by atoms with Gasteiger partial charge in [0.05, 0.1) is 6.42 Å². The fourth-order valence-electron chi connectivity index (χ4n) is 3.70. The van der Waals surface area contributed by atoms with Gasteiger partial charge in [0.25, 0.3) is 0 Å². The number of amides is 4.